The molecule has 0 bridgehead atoms. The Morgan fingerprint density at radius 1 is 1.24 bits per heavy atom. The van der Waals surface area contributed by atoms with Gasteiger partial charge in [-0.25, -0.2) is 4.39 Å². The van der Waals surface area contributed by atoms with E-state index in [0.29, 0.717) is 17.1 Å². The summed E-state index contributed by atoms with van der Waals surface area (Å²) in [6, 6.07) is 9.89. The van der Waals surface area contributed by atoms with Crippen molar-refractivity contribution < 1.29 is 13.9 Å². The van der Waals surface area contributed by atoms with Gasteiger partial charge in [0, 0.05) is 0 Å². The Kier molecular flexibility index (Phi) is 3.40. The molecule has 1 heterocycles. The second kappa shape index (κ2) is 4.97. The highest BCUT2D eigenvalue weighted by Crippen LogP contribution is 2.25. The minimum Gasteiger partial charge on any atom is -0.457 e. The van der Waals surface area contributed by atoms with Gasteiger partial charge in [0.2, 0.25) is 0 Å². The zero-order valence-electron chi connectivity index (χ0n) is 9.43. The number of hydrogen-bond acceptors (Lipinski definition) is 2. The highest BCUT2D eigenvalue weighted by molar-refractivity contribution is 5.60. The molecule has 1 unspecified atom stereocenters. The van der Waals surface area contributed by atoms with Gasteiger partial charge in [0.05, 0.1) is 11.7 Å². The Morgan fingerprint density at radius 2 is 2.00 bits per heavy atom. The molecule has 0 fully saturated rings. The molecule has 0 aliphatic heterocycles. The molecule has 2 nitrogen and oxygen atoms in total. The van der Waals surface area contributed by atoms with Gasteiger partial charge in [0.15, 0.2) is 0 Å². The normalized spacial score (nSPS) is 13.1. The maximum absolute atomic E-state index is 13.5. The molecule has 88 valence electrons. The molecular weight excluding hydrogens is 219 g/mol. The highest BCUT2D eigenvalue weighted by atomic mass is 19.1. The summed E-state index contributed by atoms with van der Waals surface area (Å²) in [6.45, 7) is 1.65. The zero-order valence-corrected chi connectivity index (χ0v) is 9.43. The number of furan rings is 1. The molecule has 2 rings (SSSR count). The van der Waals surface area contributed by atoms with Crippen LogP contribution in [0.2, 0.25) is 0 Å². The van der Waals surface area contributed by atoms with E-state index in [9.17, 15) is 4.39 Å². The third kappa shape index (κ3) is 2.82. The largest absolute Gasteiger partial charge is 0.457 e. The van der Waals surface area contributed by atoms with Crippen LogP contribution in [0.3, 0.4) is 0 Å². The fraction of sp³-hybridized carbons (Fsp3) is 0.143. The highest BCUT2D eigenvalue weighted by Gasteiger charge is 2.07. The van der Waals surface area contributed by atoms with E-state index >= 15 is 0 Å². The Morgan fingerprint density at radius 3 is 2.71 bits per heavy atom. The SMILES string of the molecule is CC(O)/C=C/c1ccc(-c2ccccc2F)o1. The van der Waals surface area contributed by atoms with E-state index in [2.05, 4.69) is 0 Å². The van der Waals surface area contributed by atoms with Crippen LogP contribution in [0, 0.1) is 5.82 Å². The van der Waals surface area contributed by atoms with Crippen LogP contribution in [-0.2, 0) is 0 Å². The van der Waals surface area contributed by atoms with Gasteiger partial charge in [0.1, 0.15) is 17.3 Å². The van der Waals surface area contributed by atoms with Gasteiger partial charge >= 0.3 is 0 Å². The Hall–Kier alpha value is -1.87. The summed E-state index contributed by atoms with van der Waals surface area (Å²) in [6.07, 6.45) is 2.73. The van der Waals surface area contributed by atoms with E-state index in [1.165, 1.54) is 6.07 Å². The lowest BCUT2D eigenvalue weighted by molar-refractivity contribution is 0.245. The number of benzene rings is 1. The first-order valence-electron chi connectivity index (χ1n) is 5.38. The number of aliphatic hydroxyl groups excluding tert-OH is 1. The third-order valence-electron chi connectivity index (χ3n) is 2.31. The molecule has 1 N–H and O–H groups in total. The molecule has 2 aromatic rings. The lowest BCUT2D eigenvalue weighted by Crippen LogP contribution is -1.90. The van der Waals surface area contributed by atoms with Gasteiger partial charge < -0.3 is 9.52 Å². The minimum atomic E-state index is -0.531. The second-order valence-corrected chi connectivity index (χ2v) is 3.78. The van der Waals surface area contributed by atoms with Crippen molar-refractivity contribution in [1.29, 1.82) is 0 Å². The first-order chi connectivity index (χ1) is 8.16. The Labute approximate surface area is 99.0 Å². The molecule has 1 aromatic heterocycles. The van der Waals surface area contributed by atoms with Crippen molar-refractivity contribution in [2.45, 2.75) is 13.0 Å². The van der Waals surface area contributed by atoms with Crippen LogP contribution >= 0.6 is 0 Å². The summed E-state index contributed by atoms with van der Waals surface area (Å²) < 4.78 is 18.9. The van der Waals surface area contributed by atoms with Gasteiger partial charge in [0.25, 0.3) is 0 Å². The van der Waals surface area contributed by atoms with Crippen molar-refractivity contribution >= 4 is 6.08 Å². The quantitative estimate of drug-likeness (QED) is 0.878. The van der Waals surface area contributed by atoms with Crippen LogP contribution in [0.25, 0.3) is 17.4 Å². The summed E-state index contributed by atoms with van der Waals surface area (Å²) in [5, 5.41) is 9.09. The first-order valence-corrected chi connectivity index (χ1v) is 5.38. The van der Waals surface area contributed by atoms with Crippen molar-refractivity contribution in [2.75, 3.05) is 0 Å². The smallest absolute Gasteiger partial charge is 0.137 e. The predicted molar refractivity (Wildman–Crippen MR) is 64.8 cm³/mol. The molecule has 0 aliphatic rings. The third-order valence-corrected chi connectivity index (χ3v) is 2.31. The molecule has 0 spiro atoms. The second-order valence-electron chi connectivity index (χ2n) is 3.78. The maximum Gasteiger partial charge on any atom is 0.137 e. The van der Waals surface area contributed by atoms with Gasteiger partial charge in [-0.2, -0.15) is 0 Å². The monoisotopic (exact) mass is 232 g/mol. The van der Waals surface area contributed by atoms with Crippen LogP contribution in [0.5, 0.6) is 0 Å². The van der Waals surface area contributed by atoms with Crippen molar-refractivity contribution in [3.63, 3.8) is 0 Å². The molecule has 0 saturated heterocycles. The molecule has 0 saturated carbocycles. The summed E-state index contributed by atoms with van der Waals surface area (Å²) in [5.74, 6) is 0.755. The van der Waals surface area contributed by atoms with Crippen LogP contribution < -0.4 is 0 Å². The number of halogens is 1. The number of rotatable bonds is 3. The van der Waals surface area contributed by atoms with Gasteiger partial charge in [-0.1, -0.05) is 18.2 Å². The molecular formula is C14H13FO2. The number of hydrogen-bond donors (Lipinski definition) is 1. The van der Waals surface area contributed by atoms with Crippen molar-refractivity contribution in [3.05, 3.63) is 54.1 Å². The van der Waals surface area contributed by atoms with E-state index < -0.39 is 6.10 Å². The van der Waals surface area contributed by atoms with E-state index in [1.807, 2.05) is 0 Å². The van der Waals surface area contributed by atoms with E-state index in [4.69, 9.17) is 9.52 Å². The predicted octanol–water partition coefficient (Wildman–Crippen LogP) is 3.48. The molecule has 1 atom stereocenters. The van der Waals surface area contributed by atoms with Gasteiger partial charge in [-0.15, -0.1) is 0 Å². The van der Waals surface area contributed by atoms with Gasteiger partial charge in [-0.05, 0) is 37.3 Å². The lowest BCUT2D eigenvalue weighted by Gasteiger charge is -1.97. The van der Waals surface area contributed by atoms with Crippen LogP contribution in [0.1, 0.15) is 12.7 Å². The Balaban J connectivity index is 2.27. The van der Waals surface area contributed by atoms with Crippen LogP contribution in [0.15, 0.2) is 46.9 Å². The van der Waals surface area contributed by atoms with Crippen molar-refractivity contribution in [2.24, 2.45) is 0 Å². The standard InChI is InChI=1S/C14H13FO2/c1-10(16)6-7-11-8-9-14(17-11)12-4-2-3-5-13(12)15/h2-10,16H,1H3/b7-6+. The number of aliphatic hydroxyl groups is 1. The summed E-state index contributed by atoms with van der Waals surface area (Å²) in [4.78, 5) is 0. The minimum absolute atomic E-state index is 0.312. The molecule has 0 aliphatic carbocycles. The zero-order chi connectivity index (χ0) is 12.3. The fourth-order valence-corrected chi connectivity index (χ4v) is 1.48. The molecule has 3 heteroatoms. The molecule has 0 amide bonds. The van der Waals surface area contributed by atoms with E-state index in [-0.39, 0.29) is 5.82 Å². The topological polar surface area (TPSA) is 33.4 Å². The van der Waals surface area contributed by atoms with Crippen LogP contribution in [0.4, 0.5) is 4.39 Å². The maximum atomic E-state index is 13.5. The summed E-state index contributed by atoms with van der Waals surface area (Å²) in [5.41, 5.74) is 0.434. The average Bonchev–Trinajstić information content (AvgIpc) is 2.75. The Bertz CT molecular complexity index is 527. The summed E-state index contributed by atoms with van der Waals surface area (Å²) >= 11 is 0. The summed E-state index contributed by atoms with van der Waals surface area (Å²) in [7, 11) is 0. The van der Waals surface area contributed by atoms with E-state index in [0.717, 1.165) is 0 Å². The molecule has 17 heavy (non-hydrogen) atoms. The van der Waals surface area contributed by atoms with E-state index in [1.54, 1.807) is 49.4 Å². The van der Waals surface area contributed by atoms with Gasteiger partial charge in [-0.3, -0.25) is 0 Å². The molecule has 1 aromatic carbocycles. The molecule has 0 radical (unpaired) electrons. The van der Waals surface area contributed by atoms with Crippen molar-refractivity contribution in [3.8, 4) is 11.3 Å². The first kappa shape index (κ1) is 11.6. The average molecular weight is 232 g/mol. The van der Waals surface area contributed by atoms with Crippen molar-refractivity contribution in [1.82, 2.24) is 0 Å². The van der Waals surface area contributed by atoms with Crippen LogP contribution in [-0.4, -0.2) is 11.2 Å². The lowest BCUT2D eigenvalue weighted by atomic mass is 10.1. The fourth-order valence-electron chi connectivity index (χ4n) is 1.48.